The number of hydrogen-bond donors (Lipinski definition) is 2. The van der Waals surface area contributed by atoms with E-state index < -0.39 is 34.6 Å². The van der Waals surface area contributed by atoms with Crippen molar-refractivity contribution in [3.05, 3.63) is 69.0 Å². The zero-order chi connectivity index (χ0) is 36.3. The van der Waals surface area contributed by atoms with Gasteiger partial charge in [0.25, 0.3) is 0 Å². The maximum absolute atomic E-state index is 13.9. The fourth-order valence-electron chi connectivity index (χ4n) is 6.18. The number of allylic oxidation sites excluding steroid dienone is 1. The first-order valence-corrected chi connectivity index (χ1v) is 16.1. The molecule has 1 atom stereocenters. The highest BCUT2D eigenvalue weighted by molar-refractivity contribution is 6.32. The summed E-state index contributed by atoms with van der Waals surface area (Å²) in [6.07, 6.45) is -3.95. The number of nitrogen functional groups attached to an aromatic ring is 1. The van der Waals surface area contributed by atoms with Crippen molar-refractivity contribution >= 4 is 46.2 Å². The van der Waals surface area contributed by atoms with Crippen LogP contribution >= 0.6 is 11.6 Å². The summed E-state index contributed by atoms with van der Waals surface area (Å²) in [4.78, 5) is 37.8. The highest BCUT2D eigenvalue weighted by atomic mass is 35.5. The van der Waals surface area contributed by atoms with Crippen LogP contribution in [-0.4, -0.2) is 75.6 Å². The van der Waals surface area contributed by atoms with E-state index in [0.717, 1.165) is 13.2 Å². The van der Waals surface area contributed by atoms with Gasteiger partial charge in [0.05, 0.1) is 79.5 Å². The van der Waals surface area contributed by atoms with Gasteiger partial charge in [-0.2, -0.15) is 18.2 Å². The Kier molecular flexibility index (Phi) is 11.0. The topological polar surface area (TPSA) is 147 Å². The molecule has 0 amide bonds. The monoisotopic (exact) mass is 719 g/mol. The molecule has 2 aromatic carbocycles. The number of nitrogens with one attached hydrogen (secondary N) is 1. The lowest BCUT2D eigenvalue weighted by molar-refractivity contribution is -0.139. The number of nitrogens with zero attached hydrogens (tertiary/aromatic N) is 3. The Bertz CT molecular complexity index is 1860. The molecule has 0 bridgehead atoms. The van der Waals surface area contributed by atoms with Crippen molar-refractivity contribution in [1.82, 2.24) is 15.3 Å². The normalized spacial score (nSPS) is 17.1. The zero-order valence-corrected chi connectivity index (χ0v) is 28.8. The average Bonchev–Trinajstić information content (AvgIpc) is 3.09. The summed E-state index contributed by atoms with van der Waals surface area (Å²) in [6, 6.07) is 6.80. The molecule has 1 fully saturated rings. The van der Waals surface area contributed by atoms with Gasteiger partial charge in [-0.3, -0.25) is 0 Å². The quantitative estimate of drug-likeness (QED) is 0.254. The number of carbonyl (C=O) groups is 2. The van der Waals surface area contributed by atoms with Gasteiger partial charge in [-0.15, -0.1) is 0 Å². The van der Waals surface area contributed by atoms with Gasteiger partial charge >= 0.3 is 18.1 Å². The van der Waals surface area contributed by atoms with E-state index in [1.807, 2.05) is 4.90 Å². The number of rotatable bonds is 10. The summed E-state index contributed by atoms with van der Waals surface area (Å²) in [6.45, 7) is 4.02. The van der Waals surface area contributed by atoms with Crippen molar-refractivity contribution < 1.29 is 46.4 Å². The van der Waals surface area contributed by atoms with Gasteiger partial charge in [0, 0.05) is 30.2 Å². The maximum atomic E-state index is 13.9. The van der Waals surface area contributed by atoms with E-state index in [1.165, 1.54) is 26.4 Å². The predicted molar refractivity (Wildman–Crippen MR) is 179 cm³/mol. The molecular formula is C34H37ClF3N5O7. The number of aromatic nitrogens is 2. The molecule has 268 valence electrons. The number of esters is 2. The zero-order valence-electron chi connectivity index (χ0n) is 28.1. The lowest BCUT2D eigenvalue weighted by atomic mass is 9.79. The number of hydrogen-bond acceptors (Lipinski definition) is 12. The van der Waals surface area contributed by atoms with Crippen molar-refractivity contribution in [3.63, 3.8) is 0 Å². The Morgan fingerprint density at radius 3 is 2.34 bits per heavy atom. The fraction of sp³-hybridized carbons (Fsp3) is 0.412. The van der Waals surface area contributed by atoms with Crippen LogP contribution in [0.5, 0.6) is 11.5 Å². The smallest absolute Gasteiger partial charge is 0.417 e. The molecule has 50 heavy (non-hydrogen) atoms. The van der Waals surface area contributed by atoms with Crippen molar-refractivity contribution in [2.75, 3.05) is 58.3 Å². The summed E-state index contributed by atoms with van der Waals surface area (Å²) >= 11 is 6.36. The highest BCUT2D eigenvalue weighted by Gasteiger charge is 2.42. The van der Waals surface area contributed by atoms with E-state index in [2.05, 4.69) is 10.3 Å². The molecule has 0 saturated carbocycles. The van der Waals surface area contributed by atoms with E-state index >= 15 is 0 Å². The third kappa shape index (κ3) is 7.24. The third-order valence-electron chi connectivity index (χ3n) is 8.60. The Labute approximate surface area is 291 Å². The number of carbonyl (C=O) groups excluding carboxylic acids is 2. The van der Waals surface area contributed by atoms with Crippen LogP contribution in [0.4, 0.5) is 24.9 Å². The number of halogens is 4. The average molecular weight is 720 g/mol. The van der Waals surface area contributed by atoms with Crippen LogP contribution in [0.2, 0.25) is 5.02 Å². The standard InChI is InChI=1S/C34H37ClF3N5O7/c1-6-49-32(45)28-23(40-17(2)26(31(44)48-5)27(28)19-8-7-9-21(29(19)35)34(36,37)38)16-50-18-10-12-43(13-11-18)33-41-22-15-25(47-4)24(46-3)14-20(22)30(39)42-33/h7-9,14-15,18,27,40H,6,10-13,16H2,1-5H3,(H2,39,41,42). The van der Waals surface area contributed by atoms with Crippen molar-refractivity contribution in [2.24, 2.45) is 0 Å². The van der Waals surface area contributed by atoms with Gasteiger partial charge in [-0.1, -0.05) is 23.7 Å². The minimum absolute atomic E-state index is 0.0318. The minimum atomic E-state index is -4.79. The SMILES string of the molecule is CCOC(=O)C1=C(COC2CCN(c3nc(N)c4cc(OC)c(OC)cc4n3)CC2)NC(C)=C(C(=O)OC)C1c1cccc(C(F)(F)F)c1Cl. The maximum Gasteiger partial charge on any atom is 0.417 e. The van der Waals surface area contributed by atoms with E-state index in [0.29, 0.717) is 54.3 Å². The lowest BCUT2D eigenvalue weighted by Gasteiger charge is -2.34. The number of dihydropyridines is 1. The molecule has 2 aliphatic rings. The number of anilines is 2. The molecule has 3 aromatic rings. The number of fused-ring (bicyclic) bond motifs is 1. The fourth-order valence-corrected chi connectivity index (χ4v) is 6.52. The van der Waals surface area contributed by atoms with Crippen LogP contribution in [-0.2, 0) is 30.0 Å². The number of ether oxygens (including phenoxy) is 5. The van der Waals surface area contributed by atoms with E-state index in [-0.39, 0.29) is 53.2 Å². The molecule has 12 nitrogen and oxygen atoms in total. The molecule has 0 aliphatic carbocycles. The second-order valence-corrected chi connectivity index (χ2v) is 11.9. The summed E-state index contributed by atoms with van der Waals surface area (Å²) < 4.78 is 69.1. The summed E-state index contributed by atoms with van der Waals surface area (Å²) in [5.74, 6) is -1.29. The summed E-state index contributed by atoms with van der Waals surface area (Å²) in [5.41, 5.74) is 5.96. The molecule has 1 saturated heterocycles. The molecule has 16 heteroatoms. The van der Waals surface area contributed by atoms with Crippen LogP contribution < -0.4 is 25.4 Å². The van der Waals surface area contributed by atoms with Crippen molar-refractivity contribution in [1.29, 1.82) is 0 Å². The van der Waals surface area contributed by atoms with Gasteiger partial charge < -0.3 is 39.6 Å². The second kappa shape index (κ2) is 15.0. The third-order valence-corrected chi connectivity index (χ3v) is 9.02. The van der Waals surface area contributed by atoms with E-state index in [9.17, 15) is 22.8 Å². The molecule has 0 radical (unpaired) electrons. The molecule has 3 N–H and O–H groups in total. The van der Waals surface area contributed by atoms with E-state index in [1.54, 1.807) is 26.0 Å². The Hall–Kier alpha value is -4.76. The molecule has 1 unspecified atom stereocenters. The van der Waals surface area contributed by atoms with Crippen LogP contribution in [0.15, 0.2) is 52.9 Å². The first-order chi connectivity index (χ1) is 23.8. The van der Waals surface area contributed by atoms with Crippen molar-refractivity contribution in [3.8, 4) is 11.5 Å². The van der Waals surface area contributed by atoms with Crippen LogP contribution in [0.3, 0.4) is 0 Å². The van der Waals surface area contributed by atoms with Gasteiger partial charge in [-0.05, 0) is 44.4 Å². The molecule has 3 heterocycles. The Morgan fingerprint density at radius 1 is 1.04 bits per heavy atom. The van der Waals surface area contributed by atoms with Gasteiger partial charge in [-0.25, -0.2) is 14.6 Å². The summed E-state index contributed by atoms with van der Waals surface area (Å²) in [7, 11) is 4.20. The second-order valence-electron chi connectivity index (χ2n) is 11.5. The molecule has 5 rings (SSSR count). The number of benzene rings is 2. The van der Waals surface area contributed by atoms with Gasteiger partial charge in [0.2, 0.25) is 5.95 Å². The first-order valence-electron chi connectivity index (χ1n) is 15.7. The molecular weight excluding hydrogens is 683 g/mol. The number of piperidine rings is 1. The van der Waals surface area contributed by atoms with Crippen molar-refractivity contribution in [2.45, 2.75) is 44.9 Å². The number of nitrogens with two attached hydrogens (primary N) is 1. The molecule has 1 aromatic heterocycles. The molecule has 0 spiro atoms. The van der Waals surface area contributed by atoms with Crippen LogP contribution in [0, 0.1) is 0 Å². The largest absolute Gasteiger partial charge is 0.493 e. The van der Waals surface area contributed by atoms with E-state index in [4.69, 9.17) is 46.0 Å². The Balaban J connectivity index is 1.41. The van der Waals surface area contributed by atoms with Gasteiger partial charge in [0.1, 0.15) is 5.82 Å². The Morgan fingerprint density at radius 2 is 1.72 bits per heavy atom. The van der Waals surface area contributed by atoms with Gasteiger partial charge in [0.15, 0.2) is 11.5 Å². The lowest BCUT2D eigenvalue weighted by Crippen LogP contribution is -2.39. The first kappa shape index (κ1) is 36.5. The molecule has 2 aliphatic heterocycles. The predicted octanol–water partition coefficient (Wildman–Crippen LogP) is 5.54. The van der Waals surface area contributed by atoms with Crippen LogP contribution in [0.25, 0.3) is 10.9 Å². The minimum Gasteiger partial charge on any atom is -0.493 e. The number of methoxy groups -OCH3 is 3. The summed E-state index contributed by atoms with van der Waals surface area (Å²) in [5, 5.41) is 3.03. The van der Waals surface area contributed by atoms with Crippen LogP contribution in [0.1, 0.15) is 43.7 Å². The highest BCUT2D eigenvalue weighted by Crippen LogP contribution is 2.46. The number of alkyl halides is 3.